The second kappa shape index (κ2) is 9.65. The lowest BCUT2D eigenvalue weighted by Crippen LogP contribution is -2.52. The average molecular weight is 475 g/mol. The minimum absolute atomic E-state index is 0.0367. The Labute approximate surface area is 199 Å². The maximum atomic E-state index is 12.7. The van der Waals surface area contributed by atoms with Gasteiger partial charge in [-0.1, -0.05) is 17.7 Å². The molecule has 1 saturated carbocycles. The molecule has 178 valence electrons. The summed E-state index contributed by atoms with van der Waals surface area (Å²) in [4.78, 5) is 19.1. The summed E-state index contributed by atoms with van der Waals surface area (Å²) >= 11 is 6.01. The van der Waals surface area contributed by atoms with Gasteiger partial charge in [-0.25, -0.2) is 9.78 Å². The molecule has 2 N–H and O–H groups in total. The molecule has 2 heterocycles. The maximum absolute atomic E-state index is 12.7. The molecule has 2 aromatic rings. The molecule has 1 aliphatic heterocycles. The number of anilines is 1. The normalized spacial score (nSPS) is 24.6. The number of carbonyl (C=O) groups excluding carboxylic acids is 1. The van der Waals surface area contributed by atoms with Crippen LogP contribution in [-0.4, -0.2) is 62.9 Å². The number of pyridine rings is 1. The summed E-state index contributed by atoms with van der Waals surface area (Å²) in [6, 6.07) is 9.64. The Morgan fingerprint density at radius 1 is 1.12 bits per heavy atom. The van der Waals surface area contributed by atoms with Crippen molar-refractivity contribution in [3.05, 3.63) is 41.0 Å². The van der Waals surface area contributed by atoms with Crippen molar-refractivity contribution in [1.29, 1.82) is 0 Å². The highest BCUT2D eigenvalue weighted by Gasteiger charge is 2.50. The second-order valence-corrected chi connectivity index (χ2v) is 9.15. The van der Waals surface area contributed by atoms with Crippen molar-refractivity contribution in [2.75, 3.05) is 40.2 Å². The first-order valence-corrected chi connectivity index (χ1v) is 11.5. The van der Waals surface area contributed by atoms with Crippen LogP contribution in [0.3, 0.4) is 0 Å². The standard InChI is InChI=1S/C24H31ClN4O4/c1-29-10-9-24(15-5-6-18(31-2)19(11-15)32-3)8-7-16(12-20(24)29)26-23(30)27-17-13-21(25)28-22(14-17)33-4/h5-6,11,13-14,16,20H,7-10,12H2,1-4H3,(H2,26,27,28,30). The first kappa shape index (κ1) is 23.4. The van der Waals surface area contributed by atoms with E-state index in [1.807, 2.05) is 6.07 Å². The molecule has 1 saturated heterocycles. The van der Waals surface area contributed by atoms with Crippen molar-refractivity contribution in [1.82, 2.24) is 15.2 Å². The first-order valence-electron chi connectivity index (χ1n) is 11.1. The van der Waals surface area contributed by atoms with Gasteiger partial charge >= 0.3 is 6.03 Å². The third kappa shape index (κ3) is 4.68. The number of nitrogens with zero attached hydrogens (tertiary/aromatic N) is 2. The van der Waals surface area contributed by atoms with Crippen molar-refractivity contribution in [3.8, 4) is 17.4 Å². The van der Waals surface area contributed by atoms with Gasteiger partial charge in [0.25, 0.3) is 0 Å². The molecule has 1 aromatic heterocycles. The number of urea groups is 1. The zero-order valence-electron chi connectivity index (χ0n) is 19.5. The highest BCUT2D eigenvalue weighted by molar-refractivity contribution is 6.29. The smallest absolute Gasteiger partial charge is 0.319 e. The summed E-state index contributed by atoms with van der Waals surface area (Å²) in [7, 11) is 7.00. The minimum Gasteiger partial charge on any atom is -0.493 e. The van der Waals surface area contributed by atoms with E-state index >= 15 is 0 Å². The fourth-order valence-electron chi connectivity index (χ4n) is 5.40. The number of benzene rings is 1. The number of hydrogen-bond donors (Lipinski definition) is 2. The van der Waals surface area contributed by atoms with Gasteiger partial charge in [0.1, 0.15) is 5.15 Å². The number of likely N-dealkylation sites (tertiary alicyclic amines) is 1. The van der Waals surface area contributed by atoms with Crippen LogP contribution in [0.15, 0.2) is 30.3 Å². The minimum atomic E-state index is -0.261. The molecular weight excluding hydrogens is 444 g/mol. The van der Waals surface area contributed by atoms with Gasteiger partial charge in [0.05, 0.1) is 27.0 Å². The quantitative estimate of drug-likeness (QED) is 0.614. The van der Waals surface area contributed by atoms with Crippen molar-refractivity contribution < 1.29 is 19.0 Å². The van der Waals surface area contributed by atoms with Crippen LogP contribution >= 0.6 is 11.6 Å². The van der Waals surface area contributed by atoms with Gasteiger partial charge in [-0.05, 0) is 63.0 Å². The number of amides is 2. The lowest BCUT2D eigenvalue weighted by Gasteiger charge is -2.45. The summed E-state index contributed by atoms with van der Waals surface area (Å²) < 4.78 is 16.1. The van der Waals surface area contributed by atoms with Gasteiger partial charge in [0.2, 0.25) is 5.88 Å². The number of nitrogens with one attached hydrogen (secondary N) is 2. The number of likely N-dealkylation sites (N-methyl/N-ethyl adjacent to an activating group) is 1. The molecule has 1 aliphatic carbocycles. The van der Waals surface area contributed by atoms with E-state index < -0.39 is 0 Å². The Hall–Kier alpha value is -2.71. The van der Waals surface area contributed by atoms with E-state index in [1.165, 1.54) is 12.7 Å². The van der Waals surface area contributed by atoms with Gasteiger partial charge in [-0.15, -0.1) is 0 Å². The van der Waals surface area contributed by atoms with Crippen LogP contribution in [-0.2, 0) is 5.41 Å². The Kier molecular flexibility index (Phi) is 6.86. The molecular formula is C24H31ClN4O4. The molecule has 8 nitrogen and oxygen atoms in total. The van der Waals surface area contributed by atoms with E-state index in [0.29, 0.717) is 17.6 Å². The van der Waals surface area contributed by atoms with Crippen molar-refractivity contribution >= 4 is 23.3 Å². The predicted octanol–water partition coefficient (Wildman–Crippen LogP) is 4.08. The van der Waals surface area contributed by atoms with E-state index in [4.69, 9.17) is 25.8 Å². The number of hydrogen-bond acceptors (Lipinski definition) is 6. The zero-order chi connectivity index (χ0) is 23.6. The number of ether oxygens (including phenoxy) is 3. The number of fused-ring (bicyclic) bond motifs is 1. The Bertz CT molecular complexity index is 1020. The van der Waals surface area contributed by atoms with E-state index in [0.717, 1.165) is 43.7 Å². The molecule has 0 spiro atoms. The monoisotopic (exact) mass is 474 g/mol. The second-order valence-electron chi connectivity index (χ2n) is 8.76. The van der Waals surface area contributed by atoms with Crippen LogP contribution < -0.4 is 24.8 Å². The van der Waals surface area contributed by atoms with Gasteiger partial charge in [-0.3, -0.25) is 0 Å². The van der Waals surface area contributed by atoms with Crippen LogP contribution in [0.2, 0.25) is 5.15 Å². The summed E-state index contributed by atoms with van der Waals surface area (Å²) in [5.74, 6) is 1.84. The fraction of sp³-hybridized carbons (Fsp3) is 0.500. The fourth-order valence-corrected chi connectivity index (χ4v) is 5.60. The molecule has 33 heavy (non-hydrogen) atoms. The van der Waals surface area contributed by atoms with E-state index in [-0.39, 0.29) is 22.6 Å². The van der Waals surface area contributed by atoms with Gasteiger partial charge in [-0.2, -0.15) is 0 Å². The lowest BCUT2D eigenvalue weighted by atomic mass is 9.65. The molecule has 1 aromatic carbocycles. The Morgan fingerprint density at radius 3 is 2.64 bits per heavy atom. The maximum Gasteiger partial charge on any atom is 0.319 e. The molecule has 0 bridgehead atoms. The average Bonchev–Trinajstić information content (AvgIpc) is 3.15. The van der Waals surface area contributed by atoms with Crippen molar-refractivity contribution in [3.63, 3.8) is 0 Å². The summed E-state index contributed by atoms with van der Waals surface area (Å²) in [5.41, 5.74) is 1.85. The number of halogens is 1. The summed E-state index contributed by atoms with van der Waals surface area (Å²) in [6.07, 6.45) is 3.83. The number of carbonyl (C=O) groups is 1. The van der Waals surface area contributed by atoms with Crippen LogP contribution in [0.1, 0.15) is 31.2 Å². The van der Waals surface area contributed by atoms with E-state index in [9.17, 15) is 4.79 Å². The molecule has 3 unspecified atom stereocenters. The SMILES string of the molecule is COc1cc(NC(=O)NC2CCC3(c4ccc(OC)c(OC)c4)CCN(C)C3C2)cc(Cl)n1. The highest BCUT2D eigenvalue weighted by atomic mass is 35.5. The lowest BCUT2D eigenvalue weighted by molar-refractivity contribution is 0.156. The third-order valence-corrected chi connectivity index (χ3v) is 7.25. The topological polar surface area (TPSA) is 85.0 Å². The van der Waals surface area contributed by atoms with E-state index in [2.05, 4.69) is 39.7 Å². The molecule has 2 amide bonds. The third-order valence-electron chi connectivity index (χ3n) is 7.06. The molecule has 0 radical (unpaired) electrons. The van der Waals surface area contributed by atoms with Crippen LogP contribution in [0.25, 0.3) is 0 Å². The Balaban J connectivity index is 1.47. The van der Waals surface area contributed by atoms with Gasteiger partial charge < -0.3 is 29.7 Å². The highest BCUT2D eigenvalue weighted by Crippen LogP contribution is 2.49. The van der Waals surface area contributed by atoms with Crippen LogP contribution in [0.5, 0.6) is 17.4 Å². The van der Waals surface area contributed by atoms with Crippen LogP contribution in [0, 0.1) is 0 Å². The van der Waals surface area contributed by atoms with E-state index in [1.54, 1.807) is 26.4 Å². The number of rotatable bonds is 6. The summed E-state index contributed by atoms with van der Waals surface area (Å²) in [6.45, 7) is 1.02. The molecule has 9 heteroatoms. The molecule has 4 rings (SSSR count). The number of aromatic nitrogens is 1. The zero-order valence-corrected chi connectivity index (χ0v) is 20.2. The largest absolute Gasteiger partial charge is 0.493 e. The molecule has 2 aliphatic rings. The van der Waals surface area contributed by atoms with Gasteiger partial charge in [0.15, 0.2) is 11.5 Å². The van der Waals surface area contributed by atoms with Crippen molar-refractivity contribution in [2.24, 2.45) is 0 Å². The van der Waals surface area contributed by atoms with Gasteiger partial charge in [0, 0.05) is 23.6 Å². The predicted molar refractivity (Wildman–Crippen MR) is 128 cm³/mol. The number of methoxy groups -OCH3 is 3. The van der Waals surface area contributed by atoms with Crippen molar-refractivity contribution in [2.45, 2.75) is 43.2 Å². The molecule has 2 fully saturated rings. The summed E-state index contributed by atoms with van der Waals surface area (Å²) in [5, 5.41) is 6.25. The first-order chi connectivity index (χ1) is 15.9. The molecule has 3 atom stereocenters. The Morgan fingerprint density at radius 2 is 1.91 bits per heavy atom. The van der Waals surface area contributed by atoms with Crippen LogP contribution in [0.4, 0.5) is 10.5 Å².